The summed E-state index contributed by atoms with van der Waals surface area (Å²) in [6, 6.07) is 6.59. The molecular weight excluding hydrogens is 338 g/mol. The molecule has 1 aromatic rings. The van der Waals surface area contributed by atoms with E-state index in [-0.39, 0.29) is 6.42 Å². The number of benzene rings is 1. The number of hydrogen-bond donors (Lipinski definition) is 1. The molecule has 1 N–H and O–H groups in total. The van der Waals surface area contributed by atoms with Gasteiger partial charge in [-0.1, -0.05) is 30.3 Å². The van der Waals surface area contributed by atoms with E-state index in [2.05, 4.69) is 23.6 Å². The third-order valence-electron chi connectivity index (χ3n) is 4.69. The molecule has 0 amide bonds. The number of carboxylic acid groups (broad SMARTS) is 1. The fourth-order valence-electron chi connectivity index (χ4n) is 3.08. The van der Waals surface area contributed by atoms with Crippen molar-refractivity contribution in [2.75, 3.05) is 20.2 Å². The maximum absolute atomic E-state index is 10.7. The first-order chi connectivity index (χ1) is 11.9. The number of hydrogen-bond acceptors (Lipinski definition) is 3. The van der Waals surface area contributed by atoms with Crippen LogP contribution in [0.2, 0.25) is 0 Å². The monoisotopic (exact) mass is 363 g/mol. The highest BCUT2D eigenvalue weighted by Crippen LogP contribution is 2.28. The predicted molar refractivity (Wildman–Crippen MR) is 101 cm³/mol. The summed E-state index contributed by atoms with van der Waals surface area (Å²) in [5.74, 6) is 0.0858. The summed E-state index contributed by atoms with van der Waals surface area (Å²) >= 11 is 6.03. The van der Waals surface area contributed by atoms with Crippen LogP contribution in [-0.4, -0.2) is 42.2 Å². The van der Waals surface area contributed by atoms with Gasteiger partial charge in [0, 0.05) is 23.2 Å². The van der Waals surface area contributed by atoms with Crippen molar-refractivity contribution in [3.63, 3.8) is 0 Å². The smallest absolute Gasteiger partial charge is 0.304 e. The summed E-state index contributed by atoms with van der Waals surface area (Å²) < 4.78 is 5.80. The first-order valence-corrected chi connectivity index (χ1v) is 8.95. The van der Waals surface area contributed by atoms with E-state index in [1.165, 1.54) is 11.1 Å². The zero-order valence-corrected chi connectivity index (χ0v) is 15.7. The van der Waals surface area contributed by atoms with Gasteiger partial charge in [-0.25, -0.2) is 0 Å². The third kappa shape index (κ3) is 5.62. The van der Waals surface area contributed by atoms with Gasteiger partial charge in [0.05, 0.1) is 6.42 Å². The van der Waals surface area contributed by atoms with Crippen LogP contribution >= 0.6 is 11.6 Å². The Morgan fingerprint density at radius 3 is 2.92 bits per heavy atom. The van der Waals surface area contributed by atoms with Crippen LogP contribution in [0.3, 0.4) is 0 Å². The Bertz CT molecular complexity index is 669. The second kappa shape index (κ2) is 9.07. The minimum Gasteiger partial charge on any atom is -0.489 e. The van der Waals surface area contributed by atoms with Gasteiger partial charge in [0.15, 0.2) is 0 Å². The fourth-order valence-corrected chi connectivity index (χ4v) is 3.13. The lowest BCUT2D eigenvalue weighted by Crippen LogP contribution is -2.37. The maximum atomic E-state index is 10.7. The molecule has 2 rings (SSSR count). The number of carbonyl (C=O) groups is 1. The van der Waals surface area contributed by atoms with E-state index >= 15 is 0 Å². The van der Waals surface area contributed by atoms with Crippen LogP contribution < -0.4 is 4.74 Å². The van der Waals surface area contributed by atoms with Crippen LogP contribution in [-0.2, 0) is 17.6 Å². The van der Waals surface area contributed by atoms with Gasteiger partial charge in [-0.15, -0.1) is 0 Å². The first-order valence-electron chi connectivity index (χ1n) is 8.57. The normalized spacial score (nSPS) is 17.3. The number of allylic oxidation sites excluding steroid dienone is 1. The number of aryl methyl sites for hydroxylation is 1. The Balaban J connectivity index is 1.94. The number of nitrogens with zero attached hydrogens (tertiary/aromatic N) is 1. The second-order valence-electron chi connectivity index (χ2n) is 6.48. The molecule has 1 atom stereocenters. The molecule has 4 nitrogen and oxygen atoms in total. The highest BCUT2D eigenvalue weighted by atomic mass is 35.5. The summed E-state index contributed by atoms with van der Waals surface area (Å²) in [7, 11) is 2.01. The van der Waals surface area contributed by atoms with Gasteiger partial charge in [0.2, 0.25) is 0 Å². The minimum absolute atomic E-state index is 0.186. The van der Waals surface area contributed by atoms with Crippen molar-refractivity contribution in [2.45, 2.75) is 38.6 Å². The van der Waals surface area contributed by atoms with E-state index < -0.39 is 5.97 Å². The lowest BCUT2D eigenvalue weighted by molar-refractivity contribution is -0.137. The van der Waals surface area contributed by atoms with Crippen LogP contribution in [0.4, 0.5) is 0 Å². The Hall–Kier alpha value is -1.78. The molecule has 25 heavy (non-hydrogen) atoms. The Labute approximate surface area is 154 Å². The summed E-state index contributed by atoms with van der Waals surface area (Å²) in [6.07, 6.45) is 4.95. The predicted octanol–water partition coefficient (Wildman–Crippen LogP) is 4.03. The zero-order chi connectivity index (χ0) is 18.4. The highest BCUT2D eigenvalue weighted by molar-refractivity contribution is 6.31. The first kappa shape index (κ1) is 19.5. The van der Waals surface area contributed by atoms with Crippen molar-refractivity contribution in [3.8, 4) is 5.75 Å². The summed E-state index contributed by atoms with van der Waals surface area (Å²) in [5, 5.41) is 9.46. The summed E-state index contributed by atoms with van der Waals surface area (Å²) in [4.78, 5) is 12.9. The standard InChI is InChI=1S/C20H26ClNO3/c1-4-19(21)14(2)13-25-18-8-6-15-11-17(7-5-16(15)12-18)22(3)10-9-20(23)24/h4,6,8,12,17H,2,5,7,9-11,13H2,1,3H3,(H,23,24)/b19-4+. The van der Waals surface area contributed by atoms with E-state index in [0.717, 1.165) is 30.6 Å². The highest BCUT2D eigenvalue weighted by Gasteiger charge is 2.22. The Morgan fingerprint density at radius 1 is 1.48 bits per heavy atom. The van der Waals surface area contributed by atoms with Crippen LogP contribution in [0.15, 0.2) is 41.5 Å². The lowest BCUT2D eigenvalue weighted by atomic mass is 9.87. The largest absolute Gasteiger partial charge is 0.489 e. The molecule has 0 heterocycles. The molecule has 0 bridgehead atoms. The Morgan fingerprint density at radius 2 is 2.24 bits per heavy atom. The molecule has 1 aliphatic rings. The van der Waals surface area contributed by atoms with E-state index in [4.69, 9.17) is 21.4 Å². The SMILES string of the molecule is C=C(COc1ccc2c(c1)CCC(N(C)CCC(=O)O)C2)/C(Cl)=C\C. The summed E-state index contributed by atoms with van der Waals surface area (Å²) in [6.45, 7) is 6.75. The average molecular weight is 364 g/mol. The van der Waals surface area contributed by atoms with Crippen molar-refractivity contribution < 1.29 is 14.6 Å². The molecule has 1 aliphatic carbocycles. The molecule has 0 fully saturated rings. The third-order valence-corrected chi connectivity index (χ3v) is 5.17. The molecule has 1 aromatic carbocycles. The molecule has 136 valence electrons. The molecule has 0 radical (unpaired) electrons. The van der Waals surface area contributed by atoms with Gasteiger partial charge in [-0.05, 0) is 56.5 Å². The van der Waals surface area contributed by atoms with Gasteiger partial charge >= 0.3 is 5.97 Å². The van der Waals surface area contributed by atoms with Gasteiger partial charge in [-0.3, -0.25) is 4.79 Å². The van der Waals surface area contributed by atoms with Gasteiger partial charge < -0.3 is 14.7 Å². The topological polar surface area (TPSA) is 49.8 Å². The Kier molecular flexibility index (Phi) is 7.09. The van der Waals surface area contributed by atoms with Crippen LogP contribution in [0.1, 0.15) is 30.9 Å². The number of ether oxygens (including phenoxy) is 1. The van der Waals surface area contributed by atoms with Crippen LogP contribution in [0, 0.1) is 0 Å². The quantitative estimate of drug-likeness (QED) is 0.708. The number of likely N-dealkylation sites (N-methyl/N-ethyl adjacent to an activating group) is 1. The average Bonchev–Trinajstić information content (AvgIpc) is 2.62. The van der Waals surface area contributed by atoms with E-state index in [1.54, 1.807) is 6.08 Å². The van der Waals surface area contributed by atoms with Gasteiger partial charge in [-0.2, -0.15) is 0 Å². The van der Waals surface area contributed by atoms with Crippen molar-refractivity contribution >= 4 is 17.6 Å². The molecule has 5 heteroatoms. The molecule has 0 aliphatic heterocycles. The van der Waals surface area contributed by atoms with Crippen LogP contribution in [0.25, 0.3) is 0 Å². The molecule has 0 saturated carbocycles. The van der Waals surface area contributed by atoms with Gasteiger partial charge in [0.1, 0.15) is 12.4 Å². The van der Waals surface area contributed by atoms with Crippen molar-refractivity contribution in [2.24, 2.45) is 0 Å². The van der Waals surface area contributed by atoms with E-state index in [0.29, 0.717) is 24.2 Å². The van der Waals surface area contributed by atoms with Crippen molar-refractivity contribution in [1.29, 1.82) is 0 Å². The minimum atomic E-state index is -0.746. The van der Waals surface area contributed by atoms with E-state index in [9.17, 15) is 4.79 Å². The molecular formula is C20H26ClNO3. The summed E-state index contributed by atoms with van der Waals surface area (Å²) in [5.41, 5.74) is 3.39. The van der Waals surface area contributed by atoms with Crippen molar-refractivity contribution in [3.05, 3.63) is 52.6 Å². The zero-order valence-electron chi connectivity index (χ0n) is 14.9. The molecule has 1 unspecified atom stereocenters. The van der Waals surface area contributed by atoms with Crippen molar-refractivity contribution in [1.82, 2.24) is 4.90 Å². The maximum Gasteiger partial charge on any atom is 0.304 e. The number of aliphatic carboxylic acids is 1. The number of fused-ring (bicyclic) bond motifs is 1. The van der Waals surface area contributed by atoms with Crippen LogP contribution in [0.5, 0.6) is 5.75 Å². The molecule has 0 spiro atoms. The number of rotatable bonds is 8. The molecule has 0 aromatic heterocycles. The molecule has 0 saturated heterocycles. The number of halogens is 1. The van der Waals surface area contributed by atoms with E-state index in [1.807, 2.05) is 20.0 Å². The van der Waals surface area contributed by atoms with Gasteiger partial charge in [0.25, 0.3) is 0 Å². The number of carboxylic acids is 1. The lowest BCUT2D eigenvalue weighted by Gasteiger charge is -2.32. The second-order valence-corrected chi connectivity index (χ2v) is 6.89. The fraction of sp³-hybridized carbons (Fsp3) is 0.450.